The SMILES string of the molecule is CN1CCCN(CC(=O)N(CCc2ccccc2)Cc2cccnc2)CC1. The molecule has 1 fully saturated rings. The summed E-state index contributed by atoms with van der Waals surface area (Å²) in [6.07, 6.45) is 5.61. The van der Waals surface area contributed by atoms with Gasteiger partial charge in [-0.25, -0.2) is 0 Å². The lowest BCUT2D eigenvalue weighted by Gasteiger charge is -2.27. The summed E-state index contributed by atoms with van der Waals surface area (Å²) in [5.74, 6) is 0.208. The molecule has 1 aromatic heterocycles. The summed E-state index contributed by atoms with van der Waals surface area (Å²) in [7, 11) is 2.15. The third kappa shape index (κ3) is 6.45. The number of rotatable bonds is 7. The number of nitrogens with zero attached hydrogens (tertiary/aromatic N) is 4. The second-order valence-corrected chi connectivity index (χ2v) is 7.35. The normalized spacial score (nSPS) is 16.0. The molecule has 3 rings (SSSR count). The maximum Gasteiger partial charge on any atom is 0.237 e. The van der Waals surface area contributed by atoms with Crippen molar-refractivity contribution >= 4 is 5.91 Å². The van der Waals surface area contributed by atoms with E-state index in [-0.39, 0.29) is 5.91 Å². The average Bonchev–Trinajstić information content (AvgIpc) is 2.91. The molecule has 1 amide bonds. The Morgan fingerprint density at radius 1 is 1.04 bits per heavy atom. The molecule has 2 aromatic rings. The molecule has 144 valence electrons. The molecule has 1 aromatic carbocycles. The van der Waals surface area contributed by atoms with Crippen LogP contribution in [0.25, 0.3) is 0 Å². The van der Waals surface area contributed by atoms with Crippen LogP contribution in [0.1, 0.15) is 17.5 Å². The highest BCUT2D eigenvalue weighted by Gasteiger charge is 2.20. The van der Waals surface area contributed by atoms with Gasteiger partial charge in [0.2, 0.25) is 5.91 Å². The van der Waals surface area contributed by atoms with Gasteiger partial charge in [0.25, 0.3) is 0 Å². The zero-order valence-electron chi connectivity index (χ0n) is 16.3. The Balaban J connectivity index is 1.63. The molecule has 0 aliphatic carbocycles. The van der Waals surface area contributed by atoms with E-state index >= 15 is 0 Å². The summed E-state index contributed by atoms with van der Waals surface area (Å²) >= 11 is 0. The fraction of sp³-hybridized carbons (Fsp3) is 0.455. The van der Waals surface area contributed by atoms with Gasteiger partial charge in [0, 0.05) is 38.6 Å². The number of amides is 1. The second kappa shape index (κ2) is 10.2. The molecule has 0 bridgehead atoms. The first-order chi connectivity index (χ1) is 13.2. The van der Waals surface area contributed by atoms with Crippen LogP contribution in [0, 0.1) is 0 Å². The van der Waals surface area contributed by atoms with Crippen LogP contribution in [0.5, 0.6) is 0 Å². The highest BCUT2D eigenvalue weighted by atomic mass is 16.2. The summed E-state index contributed by atoms with van der Waals surface area (Å²) in [4.78, 5) is 23.9. The maximum atomic E-state index is 13.1. The third-order valence-corrected chi connectivity index (χ3v) is 5.13. The molecule has 27 heavy (non-hydrogen) atoms. The summed E-state index contributed by atoms with van der Waals surface area (Å²) in [6, 6.07) is 14.3. The maximum absolute atomic E-state index is 13.1. The zero-order chi connectivity index (χ0) is 18.9. The van der Waals surface area contributed by atoms with Crippen LogP contribution >= 0.6 is 0 Å². The molecule has 0 spiro atoms. The van der Waals surface area contributed by atoms with Gasteiger partial charge in [0.05, 0.1) is 6.54 Å². The number of benzene rings is 1. The molecule has 0 unspecified atom stereocenters. The lowest BCUT2D eigenvalue weighted by Crippen LogP contribution is -2.42. The largest absolute Gasteiger partial charge is 0.337 e. The minimum absolute atomic E-state index is 0.208. The second-order valence-electron chi connectivity index (χ2n) is 7.35. The molecule has 0 N–H and O–H groups in total. The number of hydrogen-bond donors (Lipinski definition) is 0. The van der Waals surface area contributed by atoms with Crippen LogP contribution < -0.4 is 0 Å². The van der Waals surface area contributed by atoms with Crippen molar-refractivity contribution in [2.24, 2.45) is 0 Å². The van der Waals surface area contributed by atoms with Crippen LogP contribution in [0.2, 0.25) is 0 Å². The van der Waals surface area contributed by atoms with Crippen molar-refractivity contribution in [2.75, 3.05) is 46.3 Å². The van der Waals surface area contributed by atoms with Gasteiger partial charge in [-0.05, 0) is 50.2 Å². The Labute approximate surface area is 162 Å². The quantitative estimate of drug-likeness (QED) is 0.754. The van der Waals surface area contributed by atoms with E-state index in [0.717, 1.165) is 51.1 Å². The molecular weight excluding hydrogens is 336 g/mol. The van der Waals surface area contributed by atoms with E-state index in [1.54, 1.807) is 6.20 Å². The molecular formula is C22H30N4O. The Bertz CT molecular complexity index is 692. The van der Waals surface area contributed by atoms with E-state index < -0.39 is 0 Å². The fourth-order valence-corrected chi connectivity index (χ4v) is 3.46. The monoisotopic (exact) mass is 366 g/mol. The highest BCUT2D eigenvalue weighted by molar-refractivity contribution is 5.78. The van der Waals surface area contributed by atoms with Crippen molar-refractivity contribution in [2.45, 2.75) is 19.4 Å². The summed E-state index contributed by atoms with van der Waals surface area (Å²) in [6.45, 7) is 5.94. The number of hydrogen-bond acceptors (Lipinski definition) is 4. The summed E-state index contributed by atoms with van der Waals surface area (Å²) in [5.41, 5.74) is 2.34. The van der Waals surface area contributed by atoms with Gasteiger partial charge < -0.3 is 9.80 Å². The van der Waals surface area contributed by atoms with E-state index in [9.17, 15) is 4.79 Å². The van der Waals surface area contributed by atoms with Crippen molar-refractivity contribution in [1.82, 2.24) is 19.7 Å². The van der Waals surface area contributed by atoms with Gasteiger partial charge in [0.15, 0.2) is 0 Å². The first kappa shape index (κ1) is 19.5. The lowest BCUT2D eigenvalue weighted by atomic mass is 10.1. The zero-order valence-corrected chi connectivity index (χ0v) is 16.3. The van der Waals surface area contributed by atoms with Crippen molar-refractivity contribution in [3.63, 3.8) is 0 Å². The van der Waals surface area contributed by atoms with E-state index in [4.69, 9.17) is 0 Å². The number of carbonyl (C=O) groups excluding carboxylic acids is 1. The molecule has 1 aliphatic rings. The van der Waals surface area contributed by atoms with Gasteiger partial charge in [0.1, 0.15) is 0 Å². The molecule has 5 nitrogen and oxygen atoms in total. The van der Waals surface area contributed by atoms with Crippen molar-refractivity contribution in [1.29, 1.82) is 0 Å². The number of likely N-dealkylation sites (N-methyl/N-ethyl adjacent to an activating group) is 1. The molecule has 2 heterocycles. The van der Waals surface area contributed by atoms with Gasteiger partial charge in [-0.15, -0.1) is 0 Å². The topological polar surface area (TPSA) is 39.7 Å². The molecule has 5 heteroatoms. The molecule has 1 saturated heterocycles. The van der Waals surface area contributed by atoms with E-state index in [2.05, 4.69) is 46.1 Å². The van der Waals surface area contributed by atoms with Crippen LogP contribution in [0.15, 0.2) is 54.9 Å². The van der Waals surface area contributed by atoms with Gasteiger partial charge in [-0.1, -0.05) is 36.4 Å². The van der Waals surface area contributed by atoms with E-state index in [1.807, 2.05) is 29.3 Å². The van der Waals surface area contributed by atoms with Gasteiger partial charge in [-0.3, -0.25) is 14.7 Å². The number of pyridine rings is 1. The Hall–Kier alpha value is -2.24. The van der Waals surface area contributed by atoms with Gasteiger partial charge >= 0.3 is 0 Å². The molecule has 0 saturated carbocycles. The van der Waals surface area contributed by atoms with Gasteiger partial charge in [-0.2, -0.15) is 0 Å². The molecule has 1 aliphatic heterocycles. The van der Waals surface area contributed by atoms with Crippen molar-refractivity contribution in [3.8, 4) is 0 Å². The highest BCUT2D eigenvalue weighted by Crippen LogP contribution is 2.09. The van der Waals surface area contributed by atoms with E-state index in [0.29, 0.717) is 13.1 Å². The number of aromatic nitrogens is 1. The van der Waals surface area contributed by atoms with Crippen LogP contribution in [-0.4, -0.2) is 71.9 Å². The summed E-state index contributed by atoms with van der Waals surface area (Å²) < 4.78 is 0. The smallest absolute Gasteiger partial charge is 0.237 e. The molecule has 0 radical (unpaired) electrons. The minimum atomic E-state index is 0.208. The van der Waals surface area contributed by atoms with Crippen LogP contribution in [-0.2, 0) is 17.8 Å². The average molecular weight is 367 g/mol. The Kier molecular flexibility index (Phi) is 7.36. The third-order valence-electron chi connectivity index (χ3n) is 5.13. The Morgan fingerprint density at radius 3 is 2.63 bits per heavy atom. The van der Waals surface area contributed by atoms with Crippen LogP contribution in [0.4, 0.5) is 0 Å². The first-order valence-corrected chi connectivity index (χ1v) is 9.82. The fourth-order valence-electron chi connectivity index (χ4n) is 3.46. The standard InChI is InChI=1S/C22H30N4O/c1-24-12-6-13-25(16-15-24)19-22(27)26(18-21-9-5-11-23-17-21)14-10-20-7-3-2-4-8-20/h2-5,7-9,11,17H,6,10,12-16,18-19H2,1H3. The minimum Gasteiger partial charge on any atom is -0.337 e. The number of carbonyl (C=O) groups is 1. The van der Waals surface area contributed by atoms with Crippen molar-refractivity contribution < 1.29 is 4.79 Å². The van der Waals surface area contributed by atoms with Crippen molar-refractivity contribution in [3.05, 3.63) is 66.0 Å². The summed E-state index contributed by atoms with van der Waals surface area (Å²) in [5, 5.41) is 0. The lowest BCUT2D eigenvalue weighted by molar-refractivity contribution is -0.133. The predicted molar refractivity (Wildman–Crippen MR) is 108 cm³/mol. The van der Waals surface area contributed by atoms with E-state index in [1.165, 1.54) is 5.56 Å². The predicted octanol–water partition coefficient (Wildman–Crippen LogP) is 2.29. The first-order valence-electron chi connectivity index (χ1n) is 9.82. The molecule has 0 atom stereocenters. The Morgan fingerprint density at radius 2 is 1.85 bits per heavy atom. The van der Waals surface area contributed by atoms with Crippen LogP contribution in [0.3, 0.4) is 0 Å².